The predicted octanol–water partition coefficient (Wildman–Crippen LogP) is 4.95. The van der Waals surface area contributed by atoms with Crippen LogP contribution in [0.2, 0.25) is 0 Å². The molecular formula is C21H28NO3P. The van der Waals surface area contributed by atoms with Crippen LogP contribution in [0.15, 0.2) is 48.5 Å². The molecule has 5 heteroatoms. The summed E-state index contributed by atoms with van der Waals surface area (Å²) in [4.78, 5) is 17.4. The van der Waals surface area contributed by atoms with Gasteiger partial charge >= 0.3 is 0 Å². The highest BCUT2D eigenvalue weighted by atomic mass is 31.2. The average molecular weight is 373 g/mol. The smallest absolute Gasteiger partial charge is 0.243 e. The van der Waals surface area contributed by atoms with E-state index in [4.69, 9.17) is 4.84 Å². The first-order valence-electron chi connectivity index (χ1n) is 8.86. The van der Waals surface area contributed by atoms with Crippen molar-refractivity contribution in [1.29, 1.82) is 0 Å². The van der Waals surface area contributed by atoms with Crippen molar-refractivity contribution >= 4 is 13.0 Å². The molecule has 2 aromatic rings. The number of hydrogen-bond acceptors (Lipinski definition) is 3. The summed E-state index contributed by atoms with van der Waals surface area (Å²) < 4.78 is 11.8. The maximum atomic E-state index is 11.8. The molecular weight excluding hydrogens is 345 g/mol. The molecule has 140 valence electrons. The maximum absolute atomic E-state index is 11.8. The van der Waals surface area contributed by atoms with Gasteiger partial charge in [0.1, 0.15) is 6.61 Å². The SMILES string of the molecule is CC(=O)N(CCCP(C)(C)=O)OCc1ccc(-c2ccccc2C)cc1. The molecule has 0 aromatic heterocycles. The second-order valence-electron chi connectivity index (χ2n) is 7.06. The van der Waals surface area contributed by atoms with Crippen molar-refractivity contribution in [3.05, 3.63) is 59.7 Å². The molecule has 1 amide bonds. The van der Waals surface area contributed by atoms with Gasteiger partial charge in [-0.3, -0.25) is 9.63 Å². The van der Waals surface area contributed by atoms with Crippen molar-refractivity contribution in [2.75, 3.05) is 26.0 Å². The van der Waals surface area contributed by atoms with E-state index in [2.05, 4.69) is 31.2 Å². The first-order valence-corrected chi connectivity index (χ1v) is 11.6. The predicted molar refractivity (Wildman–Crippen MR) is 108 cm³/mol. The third kappa shape index (κ3) is 6.44. The number of aryl methyl sites for hydroxylation is 1. The van der Waals surface area contributed by atoms with Gasteiger partial charge in [0.2, 0.25) is 5.91 Å². The summed E-state index contributed by atoms with van der Waals surface area (Å²) in [6.07, 6.45) is 1.29. The van der Waals surface area contributed by atoms with Gasteiger partial charge in [0.15, 0.2) is 0 Å². The Morgan fingerprint density at radius 3 is 2.31 bits per heavy atom. The Labute approximate surface area is 156 Å². The number of nitrogens with zero attached hydrogens (tertiary/aromatic N) is 1. The van der Waals surface area contributed by atoms with Crippen LogP contribution in [-0.2, 0) is 20.8 Å². The molecule has 0 saturated carbocycles. The molecule has 0 atom stereocenters. The number of amides is 1. The Balaban J connectivity index is 1.94. The molecule has 2 rings (SSSR count). The minimum Gasteiger partial charge on any atom is -0.324 e. The molecule has 2 aromatic carbocycles. The van der Waals surface area contributed by atoms with E-state index in [9.17, 15) is 9.36 Å². The zero-order valence-corrected chi connectivity index (χ0v) is 17.0. The molecule has 0 bridgehead atoms. The number of hydroxylamine groups is 2. The summed E-state index contributed by atoms with van der Waals surface area (Å²) in [7, 11) is -2.06. The van der Waals surface area contributed by atoms with E-state index in [0.29, 0.717) is 25.7 Å². The molecule has 0 N–H and O–H groups in total. The fourth-order valence-electron chi connectivity index (χ4n) is 2.74. The van der Waals surface area contributed by atoms with Crippen LogP contribution < -0.4 is 0 Å². The molecule has 0 heterocycles. The summed E-state index contributed by atoms with van der Waals surface area (Å²) in [5, 5.41) is 1.37. The largest absolute Gasteiger partial charge is 0.324 e. The minimum atomic E-state index is -2.06. The average Bonchev–Trinajstić information content (AvgIpc) is 2.57. The highest BCUT2D eigenvalue weighted by molar-refractivity contribution is 7.62. The van der Waals surface area contributed by atoms with Gasteiger partial charge in [-0.05, 0) is 48.9 Å². The Morgan fingerprint density at radius 2 is 1.73 bits per heavy atom. The first kappa shape index (κ1) is 20.4. The molecule has 26 heavy (non-hydrogen) atoms. The van der Waals surface area contributed by atoms with Gasteiger partial charge < -0.3 is 4.57 Å². The van der Waals surface area contributed by atoms with Crippen molar-refractivity contribution in [3.63, 3.8) is 0 Å². The second kappa shape index (κ2) is 9.16. The highest BCUT2D eigenvalue weighted by Gasteiger charge is 2.13. The molecule has 0 spiro atoms. The van der Waals surface area contributed by atoms with Gasteiger partial charge in [0, 0.05) is 19.6 Å². The van der Waals surface area contributed by atoms with Gasteiger partial charge in [-0.1, -0.05) is 48.5 Å². The molecule has 0 fully saturated rings. The Morgan fingerprint density at radius 1 is 1.08 bits per heavy atom. The van der Waals surface area contributed by atoms with Crippen LogP contribution in [0.3, 0.4) is 0 Å². The van der Waals surface area contributed by atoms with Crippen LogP contribution in [-0.4, -0.2) is 37.0 Å². The van der Waals surface area contributed by atoms with Crippen LogP contribution in [0.5, 0.6) is 0 Å². The minimum absolute atomic E-state index is 0.136. The van der Waals surface area contributed by atoms with Crippen LogP contribution >= 0.6 is 7.14 Å². The lowest BCUT2D eigenvalue weighted by molar-refractivity contribution is -0.189. The van der Waals surface area contributed by atoms with E-state index in [1.165, 1.54) is 23.1 Å². The number of benzene rings is 2. The lowest BCUT2D eigenvalue weighted by Crippen LogP contribution is -2.30. The molecule has 0 aliphatic heterocycles. The summed E-state index contributed by atoms with van der Waals surface area (Å²) in [5.74, 6) is -0.136. The molecule has 0 unspecified atom stereocenters. The number of carbonyl (C=O) groups is 1. The molecule has 4 nitrogen and oxygen atoms in total. The van der Waals surface area contributed by atoms with Crippen molar-refractivity contribution < 1.29 is 14.2 Å². The van der Waals surface area contributed by atoms with E-state index in [-0.39, 0.29) is 5.91 Å². The Bertz CT molecular complexity index is 780. The second-order valence-corrected chi connectivity index (χ2v) is 10.7. The van der Waals surface area contributed by atoms with Crippen molar-refractivity contribution in [3.8, 4) is 11.1 Å². The third-order valence-electron chi connectivity index (χ3n) is 4.21. The topological polar surface area (TPSA) is 46.6 Å². The standard InChI is InChI=1S/C21H28NO3P/c1-17-8-5-6-9-21(17)20-12-10-19(11-13-20)16-25-22(18(2)23)14-7-15-26(3,4)24/h5-6,8-13H,7,14-16H2,1-4H3. The summed E-state index contributed by atoms with van der Waals surface area (Å²) in [6, 6.07) is 16.5. The fraction of sp³-hybridized carbons (Fsp3) is 0.381. The van der Waals surface area contributed by atoms with Gasteiger partial charge in [0.05, 0.1) is 7.14 Å². The first-order chi connectivity index (χ1) is 12.3. The van der Waals surface area contributed by atoms with E-state index < -0.39 is 7.14 Å². The lowest BCUT2D eigenvalue weighted by atomic mass is 10.00. The highest BCUT2D eigenvalue weighted by Crippen LogP contribution is 2.36. The Kier molecular flexibility index (Phi) is 7.19. The van der Waals surface area contributed by atoms with E-state index in [0.717, 1.165) is 11.1 Å². The Hall–Kier alpha value is -1.90. The molecule has 0 aliphatic carbocycles. The van der Waals surface area contributed by atoms with E-state index >= 15 is 0 Å². The van der Waals surface area contributed by atoms with Crippen LogP contribution in [0, 0.1) is 6.92 Å². The molecule has 0 radical (unpaired) electrons. The van der Waals surface area contributed by atoms with Crippen molar-refractivity contribution in [2.24, 2.45) is 0 Å². The maximum Gasteiger partial charge on any atom is 0.243 e. The number of carbonyl (C=O) groups excluding carboxylic acids is 1. The number of hydrogen-bond donors (Lipinski definition) is 0. The van der Waals surface area contributed by atoms with Crippen LogP contribution in [0.4, 0.5) is 0 Å². The van der Waals surface area contributed by atoms with Crippen molar-refractivity contribution in [2.45, 2.75) is 26.9 Å². The third-order valence-corrected chi connectivity index (χ3v) is 5.60. The fourth-order valence-corrected chi connectivity index (χ4v) is 3.64. The monoisotopic (exact) mass is 373 g/mol. The lowest BCUT2D eigenvalue weighted by Gasteiger charge is -2.21. The molecule has 0 aliphatic rings. The van der Waals surface area contributed by atoms with Crippen LogP contribution in [0.1, 0.15) is 24.5 Å². The van der Waals surface area contributed by atoms with Gasteiger partial charge in [-0.2, -0.15) is 0 Å². The van der Waals surface area contributed by atoms with Crippen molar-refractivity contribution in [1.82, 2.24) is 5.06 Å². The summed E-state index contributed by atoms with van der Waals surface area (Å²) in [5.41, 5.74) is 4.62. The van der Waals surface area contributed by atoms with Gasteiger partial charge in [-0.25, -0.2) is 5.06 Å². The summed E-state index contributed by atoms with van der Waals surface area (Å²) >= 11 is 0. The van der Waals surface area contributed by atoms with E-state index in [1.807, 2.05) is 24.3 Å². The summed E-state index contributed by atoms with van der Waals surface area (Å²) in [6.45, 7) is 7.91. The van der Waals surface area contributed by atoms with Gasteiger partial charge in [0.25, 0.3) is 0 Å². The molecule has 0 saturated heterocycles. The van der Waals surface area contributed by atoms with Gasteiger partial charge in [-0.15, -0.1) is 0 Å². The van der Waals surface area contributed by atoms with Crippen LogP contribution in [0.25, 0.3) is 11.1 Å². The number of rotatable bonds is 8. The zero-order valence-electron chi connectivity index (χ0n) is 16.1. The normalized spacial score (nSPS) is 11.4. The zero-order chi connectivity index (χ0) is 19.2. The van der Waals surface area contributed by atoms with E-state index in [1.54, 1.807) is 13.3 Å². The quantitative estimate of drug-likeness (QED) is 0.486.